The van der Waals surface area contributed by atoms with Crippen LogP contribution in [0.25, 0.3) is 22.2 Å². The molecule has 148 valence electrons. The van der Waals surface area contributed by atoms with Crippen LogP contribution >= 0.6 is 0 Å². The Morgan fingerprint density at radius 2 is 1.97 bits per heavy atom. The van der Waals surface area contributed by atoms with E-state index in [1.54, 1.807) is 0 Å². The van der Waals surface area contributed by atoms with Gasteiger partial charge in [-0.1, -0.05) is 36.4 Å². The summed E-state index contributed by atoms with van der Waals surface area (Å²) in [6.45, 7) is 4.31. The van der Waals surface area contributed by atoms with Crippen molar-refractivity contribution in [3.05, 3.63) is 77.1 Å². The highest BCUT2D eigenvalue weighted by molar-refractivity contribution is 5.89. The molecule has 2 aromatic carbocycles. The van der Waals surface area contributed by atoms with Crippen molar-refractivity contribution in [1.29, 1.82) is 0 Å². The Kier molecular flexibility index (Phi) is 4.51. The molecule has 0 aliphatic heterocycles. The predicted octanol–water partition coefficient (Wildman–Crippen LogP) is 5.61. The number of hydrogen-bond donors (Lipinski definition) is 2. The SMILES string of the molecule is Cc1cc(-c2ccc3[nH]c4c(c3c2)CCCC4NC(C)c2ccccc2)n(C)n1. The van der Waals surface area contributed by atoms with E-state index in [-0.39, 0.29) is 0 Å². The first kappa shape index (κ1) is 18.2. The van der Waals surface area contributed by atoms with Gasteiger partial charge in [0.15, 0.2) is 0 Å². The summed E-state index contributed by atoms with van der Waals surface area (Å²) in [4.78, 5) is 3.74. The quantitative estimate of drug-likeness (QED) is 0.481. The molecule has 2 aromatic heterocycles. The van der Waals surface area contributed by atoms with Gasteiger partial charge in [-0.05, 0) is 62.4 Å². The van der Waals surface area contributed by atoms with Crippen LogP contribution in [-0.4, -0.2) is 14.8 Å². The summed E-state index contributed by atoms with van der Waals surface area (Å²) < 4.78 is 1.97. The topological polar surface area (TPSA) is 45.6 Å². The smallest absolute Gasteiger partial charge is 0.0681 e. The number of nitrogens with one attached hydrogen (secondary N) is 2. The zero-order valence-electron chi connectivity index (χ0n) is 17.4. The van der Waals surface area contributed by atoms with Gasteiger partial charge in [-0.25, -0.2) is 0 Å². The van der Waals surface area contributed by atoms with Gasteiger partial charge in [0.1, 0.15) is 0 Å². The van der Waals surface area contributed by atoms with Crippen molar-refractivity contribution in [2.45, 2.75) is 45.2 Å². The highest BCUT2D eigenvalue weighted by Gasteiger charge is 2.26. The van der Waals surface area contributed by atoms with Gasteiger partial charge < -0.3 is 10.3 Å². The number of aromatic amines is 1. The Morgan fingerprint density at radius 1 is 1.14 bits per heavy atom. The van der Waals surface area contributed by atoms with Crippen LogP contribution in [0, 0.1) is 6.92 Å². The summed E-state index contributed by atoms with van der Waals surface area (Å²) in [6.07, 6.45) is 3.53. The molecule has 0 saturated carbocycles. The molecule has 1 aliphatic rings. The number of hydrogen-bond acceptors (Lipinski definition) is 2. The second-order valence-electron chi connectivity index (χ2n) is 8.32. The normalized spacial score (nSPS) is 17.4. The number of aryl methyl sites for hydroxylation is 3. The summed E-state index contributed by atoms with van der Waals surface area (Å²) in [5, 5.41) is 9.74. The van der Waals surface area contributed by atoms with E-state index in [4.69, 9.17) is 0 Å². The standard InChI is InChI=1S/C25H28N4/c1-16-14-24(29(3)28-16)19-12-13-22-21(15-19)20-10-7-11-23(25(20)27-22)26-17(2)18-8-5-4-6-9-18/h4-6,8-9,12-15,17,23,26-27H,7,10-11H2,1-3H3. The van der Waals surface area contributed by atoms with Gasteiger partial charge in [-0.2, -0.15) is 5.10 Å². The van der Waals surface area contributed by atoms with Crippen LogP contribution in [0.15, 0.2) is 54.6 Å². The molecule has 4 nitrogen and oxygen atoms in total. The molecule has 2 atom stereocenters. The lowest BCUT2D eigenvalue weighted by molar-refractivity contribution is 0.410. The van der Waals surface area contributed by atoms with Crippen molar-refractivity contribution >= 4 is 10.9 Å². The molecule has 0 fully saturated rings. The molecule has 0 bridgehead atoms. The Morgan fingerprint density at radius 3 is 2.72 bits per heavy atom. The summed E-state index contributed by atoms with van der Waals surface area (Å²) in [5.41, 5.74) is 8.87. The first-order chi connectivity index (χ1) is 14.1. The van der Waals surface area contributed by atoms with E-state index in [2.05, 4.69) is 76.9 Å². The number of aromatic nitrogens is 3. The van der Waals surface area contributed by atoms with Gasteiger partial charge in [-0.3, -0.25) is 4.68 Å². The molecule has 4 aromatic rings. The summed E-state index contributed by atoms with van der Waals surface area (Å²) in [6, 6.07) is 20.3. The Balaban J connectivity index is 1.50. The average molecular weight is 385 g/mol. The lowest BCUT2D eigenvalue weighted by Gasteiger charge is -2.27. The van der Waals surface area contributed by atoms with E-state index >= 15 is 0 Å². The summed E-state index contributed by atoms with van der Waals surface area (Å²) in [5.74, 6) is 0. The fourth-order valence-corrected chi connectivity index (χ4v) is 4.81. The molecule has 29 heavy (non-hydrogen) atoms. The average Bonchev–Trinajstić information content (AvgIpc) is 3.28. The Bertz CT molecular complexity index is 1150. The van der Waals surface area contributed by atoms with Crippen molar-refractivity contribution in [2.24, 2.45) is 7.05 Å². The van der Waals surface area contributed by atoms with Gasteiger partial charge in [0.2, 0.25) is 0 Å². The predicted molar refractivity (Wildman–Crippen MR) is 119 cm³/mol. The fourth-order valence-electron chi connectivity index (χ4n) is 4.81. The van der Waals surface area contributed by atoms with Gasteiger partial charge in [0.05, 0.1) is 11.4 Å². The highest BCUT2D eigenvalue weighted by atomic mass is 15.3. The first-order valence-corrected chi connectivity index (χ1v) is 10.6. The lowest BCUT2D eigenvalue weighted by Crippen LogP contribution is -2.27. The molecule has 0 saturated heterocycles. The molecule has 2 unspecified atom stereocenters. The monoisotopic (exact) mass is 384 g/mol. The van der Waals surface area contributed by atoms with Crippen LogP contribution in [0.2, 0.25) is 0 Å². The van der Waals surface area contributed by atoms with E-state index in [0.717, 1.165) is 12.1 Å². The van der Waals surface area contributed by atoms with Crippen LogP contribution in [0.4, 0.5) is 0 Å². The second-order valence-corrected chi connectivity index (χ2v) is 8.32. The molecule has 5 rings (SSSR count). The fraction of sp³-hybridized carbons (Fsp3) is 0.320. The van der Waals surface area contributed by atoms with Gasteiger partial charge >= 0.3 is 0 Å². The minimum atomic E-state index is 0.326. The van der Waals surface area contributed by atoms with Crippen LogP contribution in [-0.2, 0) is 13.5 Å². The third kappa shape index (κ3) is 3.28. The molecule has 2 heterocycles. The van der Waals surface area contributed by atoms with Crippen molar-refractivity contribution in [2.75, 3.05) is 0 Å². The lowest BCUT2D eigenvalue weighted by atomic mass is 9.90. The van der Waals surface area contributed by atoms with E-state index < -0.39 is 0 Å². The summed E-state index contributed by atoms with van der Waals surface area (Å²) in [7, 11) is 2.02. The van der Waals surface area contributed by atoms with Crippen LogP contribution in [0.5, 0.6) is 0 Å². The van der Waals surface area contributed by atoms with Gasteiger partial charge in [0, 0.05) is 41.3 Å². The largest absolute Gasteiger partial charge is 0.357 e. The maximum absolute atomic E-state index is 4.52. The molecule has 1 aliphatic carbocycles. The van der Waals surface area contributed by atoms with E-state index in [0.29, 0.717) is 12.1 Å². The molecule has 4 heteroatoms. The van der Waals surface area contributed by atoms with E-state index in [1.807, 2.05) is 18.7 Å². The minimum absolute atomic E-state index is 0.326. The Hall–Kier alpha value is -2.85. The third-order valence-corrected chi connectivity index (χ3v) is 6.26. The van der Waals surface area contributed by atoms with Crippen molar-refractivity contribution in [1.82, 2.24) is 20.1 Å². The molecular formula is C25H28N4. The zero-order valence-corrected chi connectivity index (χ0v) is 17.4. The number of benzene rings is 2. The highest BCUT2D eigenvalue weighted by Crippen LogP contribution is 2.37. The first-order valence-electron chi connectivity index (χ1n) is 10.6. The van der Waals surface area contributed by atoms with Crippen molar-refractivity contribution in [3.63, 3.8) is 0 Å². The van der Waals surface area contributed by atoms with Crippen molar-refractivity contribution < 1.29 is 0 Å². The van der Waals surface area contributed by atoms with Crippen LogP contribution in [0.3, 0.4) is 0 Å². The van der Waals surface area contributed by atoms with Crippen LogP contribution < -0.4 is 5.32 Å². The Labute approximate surface area is 172 Å². The van der Waals surface area contributed by atoms with Crippen molar-refractivity contribution in [3.8, 4) is 11.3 Å². The minimum Gasteiger partial charge on any atom is -0.357 e. The molecule has 0 radical (unpaired) electrons. The third-order valence-electron chi connectivity index (χ3n) is 6.26. The maximum atomic E-state index is 4.52. The molecule has 0 amide bonds. The zero-order chi connectivity index (χ0) is 20.0. The summed E-state index contributed by atoms with van der Waals surface area (Å²) >= 11 is 0. The molecule has 0 spiro atoms. The van der Waals surface area contributed by atoms with E-state index in [9.17, 15) is 0 Å². The number of nitrogens with zero attached hydrogens (tertiary/aromatic N) is 2. The molecule has 2 N–H and O–H groups in total. The van der Waals surface area contributed by atoms with Gasteiger partial charge in [0.25, 0.3) is 0 Å². The number of H-pyrrole nitrogens is 1. The maximum Gasteiger partial charge on any atom is 0.0681 e. The molecular weight excluding hydrogens is 356 g/mol. The second kappa shape index (κ2) is 7.20. The number of rotatable bonds is 4. The van der Waals surface area contributed by atoms with E-state index in [1.165, 1.54) is 51.8 Å². The number of fused-ring (bicyclic) bond motifs is 3. The van der Waals surface area contributed by atoms with Crippen LogP contribution in [0.1, 0.15) is 54.4 Å². The van der Waals surface area contributed by atoms with Gasteiger partial charge in [-0.15, -0.1) is 0 Å².